The van der Waals surface area contributed by atoms with E-state index in [0.29, 0.717) is 18.0 Å². The van der Waals surface area contributed by atoms with E-state index < -0.39 is 47.9 Å². The van der Waals surface area contributed by atoms with Gasteiger partial charge in [0.15, 0.2) is 0 Å². The fourth-order valence-corrected chi connectivity index (χ4v) is 4.67. The molecule has 1 aromatic rings. The number of nitrogens with one attached hydrogen (secondary N) is 4. The van der Waals surface area contributed by atoms with E-state index in [1.165, 1.54) is 0 Å². The Labute approximate surface area is 224 Å². The summed E-state index contributed by atoms with van der Waals surface area (Å²) in [7, 11) is 0. The van der Waals surface area contributed by atoms with Gasteiger partial charge in [-0.25, -0.2) is 0 Å². The fourth-order valence-electron chi connectivity index (χ4n) is 4.47. The van der Waals surface area contributed by atoms with Crippen molar-refractivity contribution in [3.8, 4) is 0 Å². The number of carbonyl (C=O) groups is 5. The van der Waals surface area contributed by atoms with E-state index in [-0.39, 0.29) is 31.6 Å². The molecule has 4 atom stereocenters. The average Bonchev–Trinajstić information content (AvgIpc) is 3.33. The summed E-state index contributed by atoms with van der Waals surface area (Å²) in [5.41, 5.74) is 1.57. The second kappa shape index (κ2) is 12.7. The lowest BCUT2D eigenvalue weighted by atomic mass is 9.95. The van der Waals surface area contributed by atoms with Gasteiger partial charge in [0.2, 0.25) is 23.5 Å². The largest absolute Gasteiger partial charge is 0.368 e. The Balaban J connectivity index is 1.33. The van der Waals surface area contributed by atoms with Gasteiger partial charge in [-0.1, -0.05) is 48.0 Å². The first-order valence-electron chi connectivity index (χ1n) is 12.4. The molecular weight excluding hydrogens is 512 g/mol. The molecule has 1 aromatic carbocycles. The minimum absolute atomic E-state index is 0.0202. The Morgan fingerprint density at radius 3 is 2.66 bits per heavy atom. The van der Waals surface area contributed by atoms with E-state index in [2.05, 4.69) is 21.3 Å². The highest BCUT2D eigenvalue weighted by Gasteiger charge is 2.34. The van der Waals surface area contributed by atoms with Crippen molar-refractivity contribution < 1.29 is 28.7 Å². The summed E-state index contributed by atoms with van der Waals surface area (Å²) in [4.78, 5) is 63.0. The van der Waals surface area contributed by atoms with Crippen LogP contribution in [0.5, 0.6) is 0 Å². The molecule has 11 heteroatoms. The Kier molecular flexibility index (Phi) is 9.09. The molecule has 38 heavy (non-hydrogen) atoms. The van der Waals surface area contributed by atoms with Crippen LogP contribution < -0.4 is 21.3 Å². The molecule has 200 valence electrons. The van der Waals surface area contributed by atoms with Crippen LogP contribution in [0.4, 0.5) is 0 Å². The van der Waals surface area contributed by atoms with E-state index in [1.807, 2.05) is 18.2 Å². The number of rotatable bonds is 10. The first-order chi connectivity index (χ1) is 18.3. The molecule has 4 N–H and O–H groups in total. The van der Waals surface area contributed by atoms with Crippen LogP contribution >= 0.6 is 11.6 Å². The molecule has 4 rings (SSSR count). The Morgan fingerprint density at radius 2 is 1.92 bits per heavy atom. The smallest absolute Gasteiger partial charge is 0.289 e. The summed E-state index contributed by atoms with van der Waals surface area (Å²) >= 11 is 6.03. The minimum atomic E-state index is -1.22. The van der Waals surface area contributed by atoms with E-state index in [4.69, 9.17) is 16.3 Å². The molecule has 4 amide bonds. The van der Waals surface area contributed by atoms with Crippen LogP contribution in [0.3, 0.4) is 0 Å². The molecule has 0 aromatic heterocycles. The quantitative estimate of drug-likeness (QED) is 0.321. The normalized spacial score (nSPS) is 22.8. The summed E-state index contributed by atoms with van der Waals surface area (Å²) in [6.45, 7) is 0.328. The van der Waals surface area contributed by atoms with Gasteiger partial charge in [-0.3, -0.25) is 24.0 Å². The SMILES string of the molecule is O=C(CNC(=O)C1C=C2C=C(Cl)C=CC2OC1)NC(CC1CCNC1=O)C(=O)C(=O)NCc1ccccc1. The third-order valence-electron chi connectivity index (χ3n) is 6.53. The monoisotopic (exact) mass is 540 g/mol. The lowest BCUT2D eigenvalue weighted by Crippen LogP contribution is -2.51. The van der Waals surface area contributed by atoms with Crippen molar-refractivity contribution in [1.82, 2.24) is 21.3 Å². The van der Waals surface area contributed by atoms with Crippen molar-refractivity contribution in [2.75, 3.05) is 19.7 Å². The molecule has 3 aliphatic rings. The summed E-state index contributed by atoms with van der Waals surface area (Å²) < 4.78 is 5.69. The van der Waals surface area contributed by atoms with Gasteiger partial charge in [0.1, 0.15) is 6.10 Å². The molecule has 0 bridgehead atoms. The Bertz CT molecular complexity index is 1200. The molecule has 4 unspecified atom stereocenters. The van der Waals surface area contributed by atoms with Gasteiger partial charge in [0.25, 0.3) is 5.91 Å². The third kappa shape index (κ3) is 7.17. The first kappa shape index (κ1) is 27.3. The number of carbonyl (C=O) groups excluding carboxylic acids is 5. The van der Waals surface area contributed by atoms with E-state index in [0.717, 1.165) is 11.1 Å². The molecule has 2 aliphatic heterocycles. The summed E-state index contributed by atoms with van der Waals surface area (Å²) in [6.07, 6.45) is 7.19. The molecule has 0 spiro atoms. The van der Waals surface area contributed by atoms with Crippen LogP contribution in [0.2, 0.25) is 0 Å². The molecule has 0 radical (unpaired) electrons. The van der Waals surface area contributed by atoms with Crippen LogP contribution in [0.25, 0.3) is 0 Å². The molecule has 1 aliphatic carbocycles. The first-order valence-corrected chi connectivity index (χ1v) is 12.8. The summed E-state index contributed by atoms with van der Waals surface area (Å²) in [6, 6.07) is 7.85. The predicted molar refractivity (Wildman–Crippen MR) is 138 cm³/mol. The maximum Gasteiger partial charge on any atom is 0.289 e. The number of amides is 4. The van der Waals surface area contributed by atoms with Crippen molar-refractivity contribution in [3.05, 3.63) is 70.8 Å². The number of fused-ring (bicyclic) bond motifs is 1. The van der Waals surface area contributed by atoms with Gasteiger partial charge in [0, 0.05) is 24.0 Å². The van der Waals surface area contributed by atoms with Crippen LogP contribution in [0, 0.1) is 11.8 Å². The zero-order valence-electron chi connectivity index (χ0n) is 20.6. The predicted octanol–water partition coefficient (Wildman–Crippen LogP) is 0.633. The zero-order valence-corrected chi connectivity index (χ0v) is 21.3. The van der Waals surface area contributed by atoms with Crippen LogP contribution in [0.1, 0.15) is 18.4 Å². The van der Waals surface area contributed by atoms with Crippen molar-refractivity contribution in [1.29, 1.82) is 0 Å². The molecule has 2 heterocycles. The lowest BCUT2D eigenvalue weighted by molar-refractivity contribution is -0.140. The van der Waals surface area contributed by atoms with Gasteiger partial charge in [-0.05, 0) is 42.2 Å². The number of allylic oxidation sites excluding steroid dienone is 2. The third-order valence-corrected chi connectivity index (χ3v) is 6.76. The maximum absolute atomic E-state index is 12.9. The number of hydrogen-bond donors (Lipinski definition) is 4. The van der Waals surface area contributed by atoms with E-state index >= 15 is 0 Å². The standard InChI is InChI=1S/C27H29ClN4O6/c28-20-6-7-22-18(11-20)10-19(15-38-22)26(36)31-14-23(33)32-21(12-17-8-9-29-25(17)35)24(34)27(37)30-13-16-4-2-1-3-5-16/h1-7,10-11,17,19,21-22H,8-9,12-15H2,(H,29,35)(H,30,37)(H,31,36)(H,32,33). The van der Waals surface area contributed by atoms with Crippen molar-refractivity contribution in [3.63, 3.8) is 0 Å². The summed E-state index contributed by atoms with van der Waals surface area (Å²) in [5.74, 6) is -4.17. The molecular formula is C27H29ClN4O6. The highest BCUT2D eigenvalue weighted by atomic mass is 35.5. The minimum Gasteiger partial charge on any atom is -0.368 e. The fraction of sp³-hybridized carbons (Fsp3) is 0.370. The Hall–Kier alpha value is -3.76. The van der Waals surface area contributed by atoms with Crippen LogP contribution in [0.15, 0.2) is 65.2 Å². The van der Waals surface area contributed by atoms with Crippen molar-refractivity contribution in [2.45, 2.75) is 31.5 Å². The maximum atomic E-state index is 12.9. The van der Waals surface area contributed by atoms with Gasteiger partial charge in [-0.15, -0.1) is 0 Å². The molecule has 0 saturated carbocycles. The van der Waals surface area contributed by atoms with Crippen LogP contribution in [-0.2, 0) is 35.3 Å². The zero-order chi connectivity index (χ0) is 27.1. The second-order valence-electron chi connectivity index (χ2n) is 9.30. The number of ether oxygens (including phenoxy) is 1. The highest BCUT2D eigenvalue weighted by Crippen LogP contribution is 2.27. The van der Waals surface area contributed by atoms with Crippen LogP contribution in [-0.4, -0.2) is 61.3 Å². The number of hydrogen-bond acceptors (Lipinski definition) is 6. The number of Topliss-reactive ketones (excluding diaryl/α,β-unsaturated/α-hetero) is 1. The Morgan fingerprint density at radius 1 is 1.13 bits per heavy atom. The number of halogens is 1. The van der Waals surface area contributed by atoms with Gasteiger partial charge in [0.05, 0.1) is 25.1 Å². The van der Waals surface area contributed by atoms with E-state index in [9.17, 15) is 24.0 Å². The lowest BCUT2D eigenvalue weighted by Gasteiger charge is -2.27. The van der Waals surface area contributed by atoms with Crippen molar-refractivity contribution in [2.24, 2.45) is 11.8 Å². The number of benzene rings is 1. The van der Waals surface area contributed by atoms with Gasteiger partial charge < -0.3 is 26.0 Å². The molecule has 10 nitrogen and oxygen atoms in total. The highest BCUT2D eigenvalue weighted by molar-refractivity contribution is 6.38. The topological polar surface area (TPSA) is 143 Å². The van der Waals surface area contributed by atoms with E-state index in [1.54, 1.807) is 36.4 Å². The van der Waals surface area contributed by atoms with Gasteiger partial charge in [-0.2, -0.15) is 0 Å². The molecule has 1 saturated heterocycles. The average molecular weight is 541 g/mol. The summed E-state index contributed by atoms with van der Waals surface area (Å²) in [5, 5.41) is 10.8. The number of ketones is 1. The van der Waals surface area contributed by atoms with Crippen molar-refractivity contribution >= 4 is 41.0 Å². The van der Waals surface area contributed by atoms with Gasteiger partial charge >= 0.3 is 0 Å². The second-order valence-corrected chi connectivity index (χ2v) is 9.73. The molecule has 1 fully saturated rings.